The zero-order valence-corrected chi connectivity index (χ0v) is 11.1. The van der Waals surface area contributed by atoms with Crippen molar-refractivity contribution >= 4 is 0 Å². The van der Waals surface area contributed by atoms with Crippen molar-refractivity contribution in [3.05, 3.63) is 24.2 Å². The SMILES string of the molecule is OC1(c2ccoc2)CCCCC1C1CCCCC1. The predicted molar refractivity (Wildman–Crippen MR) is 71.1 cm³/mol. The van der Waals surface area contributed by atoms with E-state index in [1.165, 1.54) is 44.9 Å². The van der Waals surface area contributed by atoms with Gasteiger partial charge in [0, 0.05) is 5.56 Å². The molecule has 2 fully saturated rings. The van der Waals surface area contributed by atoms with Crippen LogP contribution in [0, 0.1) is 11.8 Å². The zero-order valence-electron chi connectivity index (χ0n) is 11.1. The van der Waals surface area contributed by atoms with Crippen LogP contribution >= 0.6 is 0 Å². The second-order valence-electron chi connectivity index (χ2n) is 6.19. The molecule has 2 aliphatic rings. The molecular formula is C16H24O2. The van der Waals surface area contributed by atoms with E-state index in [2.05, 4.69) is 0 Å². The van der Waals surface area contributed by atoms with Crippen LogP contribution < -0.4 is 0 Å². The highest BCUT2D eigenvalue weighted by atomic mass is 16.3. The van der Waals surface area contributed by atoms with E-state index in [1.807, 2.05) is 6.07 Å². The quantitative estimate of drug-likeness (QED) is 0.849. The van der Waals surface area contributed by atoms with Gasteiger partial charge >= 0.3 is 0 Å². The Morgan fingerprint density at radius 3 is 2.56 bits per heavy atom. The third-order valence-corrected chi connectivity index (χ3v) is 5.18. The Kier molecular flexibility index (Phi) is 3.47. The second-order valence-corrected chi connectivity index (χ2v) is 6.19. The predicted octanol–water partition coefficient (Wildman–Crippen LogP) is 4.24. The molecule has 0 aromatic carbocycles. The van der Waals surface area contributed by atoms with Gasteiger partial charge in [0.1, 0.15) is 0 Å². The summed E-state index contributed by atoms with van der Waals surface area (Å²) in [6, 6.07) is 1.96. The van der Waals surface area contributed by atoms with Crippen molar-refractivity contribution in [3.8, 4) is 0 Å². The van der Waals surface area contributed by atoms with Gasteiger partial charge in [-0.25, -0.2) is 0 Å². The Balaban J connectivity index is 1.85. The highest BCUT2D eigenvalue weighted by Gasteiger charge is 2.44. The molecule has 0 spiro atoms. The Bertz CT molecular complexity index is 364. The molecule has 100 valence electrons. The summed E-state index contributed by atoms with van der Waals surface area (Å²) >= 11 is 0. The standard InChI is InChI=1S/C16H24O2/c17-16(14-9-11-18-12-14)10-5-4-8-15(16)13-6-2-1-3-7-13/h9,11-13,15,17H,1-8,10H2. The van der Waals surface area contributed by atoms with Gasteiger partial charge in [0.15, 0.2) is 0 Å². The molecule has 0 saturated heterocycles. The Morgan fingerprint density at radius 1 is 1.06 bits per heavy atom. The largest absolute Gasteiger partial charge is 0.472 e. The molecule has 1 N–H and O–H groups in total. The summed E-state index contributed by atoms with van der Waals surface area (Å²) in [5, 5.41) is 11.2. The minimum absolute atomic E-state index is 0.448. The summed E-state index contributed by atoms with van der Waals surface area (Å²) in [7, 11) is 0. The maximum Gasteiger partial charge on any atom is 0.0963 e. The van der Waals surface area contributed by atoms with E-state index in [9.17, 15) is 5.11 Å². The smallest absolute Gasteiger partial charge is 0.0963 e. The molecule has 2 atom stereocenters. The van der Waals surface area contributed by atoms with Crippen LogP contribution in [0.25, 0.3) is 0 Å². The normalized spacial score (nSPS) is 34.6. The van der Waals surface area contributed by atoms with Gasteiger partial charge in [-0.1, -0.05) is 44.9 Å². The van der Waals surface area contributed by atoms with Gasteiger partial charge < -0.3 is 9.52 Å². The maximum absolute atomic E-state index is 11.2. The summed E-state index contributed by atoms with van der Waals surface area (Å²) in [6.07, 6.45) is 14.7. The first-order chi connectivity index (χ1) is 8.81. The fourth-order valence-electron chi connectivity index (χ4n) is 4.21. The van der Waals surface area contributed by atoms with Crippen LogP contribution in [0.1, 0.15) is 63.4 Å². The van der Waals surface area contributed by atoms with Gasteiger partial charge in [-0.3, -0.25) is 0 Å². The first-order valence-electron chi connectivity index (χ1n) is 7.56. The van der Waals surface area contributed by atoms with Crippen LogP contribution in [0.3, 0.4) is 0 Å². The minimum Gasteiger partial charge on any atom is -0.472 e. The van der Waals surface area contributed by atoms with Crippen molar-refractivity contribution < 1.29 is 9.52 Å². The highest BCUT2D eigenvalue weighted by molar-refractivity contribution is 5.19. The van der Waals surface area contributed by atoms with Crippen LogP contribution in [0.15, 0.2) is 23.0 Å². The topological polar surface area (TPSA) is 33.4 Å². The van der Waals surface area contributed by atoms with Gasteiger partial charge in [0.2, 0.25) is 0 Å². The maximum atomic E-state index is 11.2. The molecule has 2 heteroatoms. The van der Waals surface area contributed by atoms with Crippen LogP contribution in [0.5, 0.6) is 0 Å². The summed E-state index contributed by atoms with van der Waals surface area (Å²) in [6.45, 7) is 0. The van der Waals surface area contributed by atoms with E-state index < -0.39 is 5.60 Å². The summed E-state index contributed by atoms with van der Waals surface area (Å²) in [5.74, 6) is 1.17. The van der Waals surface area contributed by atoms with Gasteiger partial charge in [0.05, 0.1) is 18.1 Å². The lowest BCUT2D eigenvalue weighted by Crippen LogP contribution is -2.42. The van der Waals surface area contributed by atoms with Crippen molar-refractivity contribution in [1.82, 2.24) is 0 Å². The van der Waals surface area contributed by atoms with Crippen molar-refractivity contribution in [2.75, 3.05) is 0 Å². The van der Waals surface area contributed by atoms with Crippen LogP contribution in [0.2, 0.25) is 0 Å². The van der Waals surface area contributed by atoms with Gasteiger partial charge in [-0.15, -0.1) is 0 Å². The Labute approximate surface area is 109 Å². The van der Waals surface area contributed by atoms with Crippen molar-refractivity contribution in [3.63, 3.8) is 0 Å². The molecular weight excluding hydrogens is 224 g/mol. The lowest BCUT2D eigenvalue weighted by molar-refractivity contribution is -0.0838. The fourth-order valence-corrected chi connectivity index (χ4v) is 4.21. The molecule has 2 nitrogen and oxygen atoms in total. The van der Waals surface area contributed by atoms with E-state index in [-0.39, 0.29) is 0 Å². The number of rotatable bonds is 2. The van der Waals surface area contributed by atoms with Gasteiger partial charge in [-0.2, -0.15) is 0 Å². The van der Waals surface area contributed by atoms with E-state index >= 15 is 0 Å². The van der Waals surface area contributed by atoms with Crippen LogP contribution in [-0.2, 0) is 5.60 Å². The van der Waals surface area contributed by atoms with Gasteiger partial charge in [-0.05, 0) is 30.7 Å². The molecule has 0 bridgehead atoms. The molecule has 1 heterocycles. The minimum atomic E-state index is -0.618. The molecule has 2 aliphatic carbocycles. The van der Waals surface area contributed by atoms with Crippen molar-refractivity contribution in [2.24, 2.45) is 11.8 Å². The summed E-state index contributed by atoms with van der Waals surface area (Å²) < 4.78 is 5.21. The first-order valence-corrected chi connectivity index (χ1v) is 7.56. The lowest BCUT2D eigenvalue weighted by Gasteiger charge is -2.45. The molecule has 0 amide bonds. The third kappa shape index (κ3) is 2.11. The molecule has 2 unspecified atom stereocenters. The molecule has 2 saturated carbocycles. The number of furan rings is 1. The summed E-state index contributed by atoms with van der Waals surface area (Å²) in [4.78, 5) is 0. The van der Waals surface area contributed by atoms with E-state index in [0.29, 0.717) is 5.92 Å². The van der Waals surface area contributed by atoms with Gasteiger partial charge in [0.25, 0.3) is 0 Å². The molecule has 0 aliphatic heterocycles. The highest BCUT2D eigenvalue weighted by Crippen LogP contribution is 2.48. The number of hydrogen-bond donors (Lipinski definition) is 1. The van der Waals surface area contributed by atoms with Crippen LogP contribution in [-0.4, -0.2) is 5.11 Å². The van der Waals surface area contributed by atoms with Crippen molar-refractivity contribution in [2.45, 2.75) is 63.4 Å². The monoisotopic (exact) mass is 248 g/mol. The third-order valence-electron chi connectivity index (χ3n) is 5.18. The molecule has 1 aromatic heterocycles. The van der Waals surface area contributed by atoms with Crippen LogP contribution in [0.4, 0.5) is 0 Å². The Morgan fingerprint density at radius 2 is 1.83 bits per heavy atom. The average Bonchev–Trinajstić information content (AvgIpc) is 2.95. The second kappa shape index (κ2) is 5.08. The molecule has 1 aromatic rings. The number of hydrogen-bond acceptors (Lipinski definition) is 2. The van der Waals surface area contributed by atoms with Crippen molar-refractivity contribution in [1.29, 1.82) is 0 Å². The van der Waals surface area contributed by atoms with E-state index in [4.69, 9.17) is 4.42 Å². The molecule has 18 heavy (non-hydrogen) atoms. The lowest BCUT2D eigenvalue weighted by atomic mass is 9.64. The Hall–Kier alpha value is -0.760. The zero-order chi connectivity index (χ0) is 12.4. The first kappa shape index (κ1) is 12.3. The summed E-state index contributed by atoms with van der Waals surface area (Å²) in [5.41, 5.74) is 0.394. The average molecular weight is 248 g/mol. The molecule has 0 radical (unpaired) electrons. The fraction of sp³-hybridized carbons (Fsp3) is 0.750. The van der Waals surface area contributed by atoms with E-state index in [1.54, 1.807) is 12.5 Å². The number of aliphatic hydroxyl groups is 1. The van der Waals surface area contributed by atoms with E-state index in [0.717, 1.165) is 24.3 Å². The molecule has 3 rings (SSSR count).